The zero-order valence-electron chi connectivity index (χ0n) is 19.7. The molecule has 0 aliphatic carbocycles. The van der Waals surface area contributed by atoms with E-state index in [1.807, 2.05) is 24.3 Å². The average molecular weight is 487 g/mol. The van der Waals surface area contributed by atoms with Crippen molar-refractivity contribution in [2.45, 2.75) is 38.0 Å². The Labute approximate surface area is 208 Å². The van der Waals surface area contributed by atoms with E-state index in [0.29, 0.717) is 36.3 Å². The van der Waals surface area contributed by atoms with Crippen LogP contribution in [0.25, 0.3) is 0 Å². The Balaban J connectivity index is 1.37. The molecule has 3 amide bonds. The first-order valence-corrected chi connectivity index (χ1v) is 12.1. The maximum atomic E-state index is 13.4. The normalized spacial score (nSPS) is 19.3. The summed E-state index contributed by atoms with van der Waals surface area (Å²) in [7, 11) is 0. The van der Waals surface area contributed by atoms with Crippen molar-refractivity contribution >= 4 is 23.4 Å². The number of anilines is 1. The molecule has 0 saturated carbocycles. The second-order valence-corrected chi connectivity index (χ2v) is 9.09. The molecular formula is C28H27FN4O3. The molecule has 36 heavy (non-hydrogen) atoms. The van der Waals surface area contributed by atoms with Crippen molar-refractivity contribution in [1.29, 1.82) is 0 Å². The summed E-state index contributed by atoms with van der Waals surface area (Å²) in [5.74, 6) is -0.944. The molecule has 0 spiro atoms. The second-order valence-electron chi connectivity index (χ2n) is 9.09. The molecule has 0 radical (unpaired) electrons. The van der Waals surface area contributed by atoms with Gasteiger partial charge in [-0.25, -0.2) is 4.39 Å². The number of carbonyl (C=O) groups excluding carboxylic acids is 3. The molecule has 5 rings (SSSR count). The van der Waals surface area contributed by atoms with E-state index >= 15 is 0 Å². The zero-order valence-corrected chi connectivity index (χ0v) is 19.7. The molecule has 7 nitrogen and oxygen atoms in total. The van der Waals surface area contributed by atoms with Crippen LogP contribution in [-0.4, -0.2) is 35.2 Å². The molecule has 0 bridgehead atoms. The summed E-state index contributed by atoms with van der Waals surface area (Å²) < 4.78 is 13.4. The Hall–Kier alpha value is -4.20. The van der Waals surface area contributed by atoms with Gasteiger partial charge in [0.2, 0.25) is 5.91 Å². The van der Waals surface area contributed by atoms with Crippen LogP contribution in [0.2, 0.25) is 0 Å². The fraction of sp³-hybridized carbons (Fsp3) is 0.250. The van der Waals surface area contributed by atoms with Crippen LogP contribution < -0.4 is 16.0 Å². The van der Waals surface area contributed by atoms with E-state index < -0.39 is 12.2 Å². The van der Waals surface area contributed by atoms with Gasteiger partial charge in [0.05, 0.1) is 0 Å². The molecule has 2 atom stereocenters. The van der Waals surface area contributed by atoms with Gasteiger partial charge in [-0.15, -0.1) is 0 Å². The molecule has 3 aromatic rings. The lowest BCUT2D eigenvalue weighted by atomic mass is 10.1. The smallest absolute Gasteiger partial charge is 0.256 e. The molecule has 3 aromatic carbocycles. The first-order chi connectivity index (χ1) is 17.5. The van der Waals surface area contributed by atoms with E-state index in [1.165, 1.54) is 12.1 Å². The molecule has 2 aliphatic rings. The van der Waals surface area contributed by atoms with Crippen LogP contribution in [0.4, 0.5) is 10.1 Å². The van der Waals surface area contributed by atoms with Gasteiger partial charge < -0.3 is 20.9 Å². The average Bonchev–Trinajstić information content (AvgIpc) is 3.00. The fourth-order valence-corrected chi connectivity index (χ4v) is 4.70. The van der Waals surface area contributed by atoms with E-state index in [1.54, 1.807) is 41.3 Å². The first-order valence-electron chi connectivity index (χ1n) is 12.1. The summed E-state index contributed by atoms with van der Waals surface area (Å²) >= 11 is 0. The third kappa shape index (κ3) is 4.93. The van der Waals surface area contributed by atoms with Crippen molar-refractivity contribution < 1.29 is 18.8 Å². The van der Waals surface area contributed by atoms with E-state index in [2.05, 4.69) is 16.0 Å². The van der Waals surface area contributed by atoms with Gasteiger partial charge in [-0.1, -0.05) is 36.4 Å². The predicted octanol–water partition coefficient (Wildman–Crippen LogP) is 3.99. The lowest BCUT2D eigenvalue weighted by Gasteiger charge is -2.27. The SMILES string of the molecule is O=C(NC1CCCCNC1=O)c1cccc(NC2c3ccccc3C(=O)N2Cc2ccc(F)cc2)c1. The lowest BCUT2D eigenvalue weighted by Crippen LogP contribution is -2.45. The molecule has 1 saturated heterocycles. The highest BCUT2D eigenvalue weighted by Gasteiger charge is 2.36. The largest absolute Gasteiger partial charge is 0.361 e. The van der Waals surface area contributed by atoms with E-state index in [4.69, 9.17) is 0 Å². The minimum Gasteiger partial charge on any atom is -0.361 e. The molecule has 2 heterocycles. The molecule has 2 aliphatic heterocycles. The van der Waals surface area contributed by atoms with Crippen molar-refractivity contribution in [1.82, 2.24) is 15.5 Å². The van der Waals surface area contributed by atoms with Crippen LogP contribution in [0.15, 0.2) is 72.8 Å². The number of carbonyl (C=O) groups is 3. The van der Waals surface area contributed by atoms with E-state index in [9.17, 15) is 18.8 Å². The number of hydrogen-bond donors (Lipinski definition) is 3. The molecule has 8 heteroatoms. The molecule has 1 fully saturated rings. The highest BCUT2D eigenvalue weighted by Crippen LogP contribution is 2.35. The molecular weight excluding hydrogens is 459 g/mol. The maximum absolute atomic E-state index is 13.4. The topological polar surface area (TPSA) is 90.5 Å². The van der Waals surface area contributed by atoms with E-state index in [-0.39, 0.29) is 23.5 Å². The number of halogens is 1. The highest BCUT2D eigenvalue weighted by molar-refractivity contribution is 6.00. The maximum Gasteiger partial charge on any atom is 0.256 e. The van der Waals surface area contributed by atoms with Crippen LogP contribution in [0.1, 0.15) is 57.3 Å². The number of hydrogen-bond acceptors (Lipinski definition) is 4. The highest BCUT2D eigenvalue weighted by atomic mass is 19.1. The van der Waals surface area contributed by atoms with Crippen LogP contribution >= 0.6 is 0 Å². The Morgan fingerprint density at radius 2 is 1.81 bits per heavy atom. The number of benzene rings is 3. The second kappa shape index (κ2) is 10.2. The molecule has 184 valence electrons. The quantitative estimate of drug-likeness (QED) is 0.492. The Morgan fingerprint density at radius 1 is 1.00 bits per heavy atom. The number of nitrogens with zero attached hydrogens (tertiary/aromatic N) is 1. The summed E-state index contributed by atoms with van der Waals surface area (Å²) in [6.45, 7) is 0.920. The third-order valence-electron chi connectivity index (χ3n) is 6.59. The minimum atomic E-state index is -0.554. The fourth-order valence-electron chi connectivity index (χ4n) is 4.70. The van der Waals surface area contributed by atoms with Crippen molar-refractivity contribution in [3.63, 3.8) is 0 Å². The van der Waals surface area contributed by atoms with Gasteiger partial charge in [-0.2, -0.15) is 0 Å². The standard InChI is InChI=1S/C28H27FN4O3/c29-20-13-11-18(12-14-20)17-33-25(22-8-1-2-9-23(22)28(33)36)31-21-7-5-6-19(16-21)26(34)32-24-10-3-4-15-30-27(24)35/h1-2,5-9,11-14,16,24-25,31H,3-4,10,15,17H2,(H,30,35)(H,32,34). The minimum absolute atomic E-state index is 0.124. The monoisotopic (exact) mass is 486 g/mol. The lowest BCUT2D eigenvalue weighted by molar-refractivity contribution is -0.122. The number of nitrogens with one attached hydrogen (secondary N) is 3. The molecule has 3 N–H and O–H groups in total. The van der Waals surface area contributed by atoms with Crippen molar-refractivity contribution in [2.24, 2.45) is 0 Å². The number of amides is 3. The van der Waals surface area contributed by atoms with Crippen LogP contribution in [0.5, 0.6) is 0 Å². The Morgan fingerprint density at radius 3 is 2.64 bits per heavy atom. The van der Waals surface area contributed by atoms with Gasteiger partial charge in [0.25, 0.3) is 11.8 Å². The summed E-state index contributed by atoms with van der Waals surface area (Å²) in [6.07, 6.45) is 1.90. The molecule has 2 unspecified atom stereocenters. The summed E-state index contributed by atoms with van der Waals surface area (Å²) in [4.78, 5) is 40.1. The van der Waals surface area contributed by atoms with Crippen molar-refractivity contribution in [3.05, 3.63) is 101 Å². The predicted molar refractivity (Wildman–Crippen MR) is 134 cm³/mol. The number of rotatable bonds is 6. The van der Waals surface area contributed by atoms with Gasteiger partial charge in [0, 0.05) is 35.5 Å². The van der Waals surface area contributed by atoms with Crippen LogP contribution in [-0.2, 0) is 11.3 Å². The third-order valence-corrected chi connectivity index (χ3v) is 6.59. The van der Waals surface area contributed by atoms with Crippen molar-refractivity contribution in [2.75, 3.05) is 11.9 Å². The Bertz CT molecular complexity index is 1290. The molecule has 0 aromatic heterocycles. The summed E-state index contributed by atoms with van der Waals surface area (Å²) in [6, 6.07) is 19.9. The van der Waals surface area contributed by atoms with Gasteiger partial charge >= 0.3 is 0 Å². The van der Waals surface area contributed by atoms with Gasteiger partial charge in [-0.05, 0) is 61.2 Å². The first kappa shape index (κ1) is 23.5. The van der Waals surface area contributed by atoms with Gasteiger partial charge in [0.1, 0.15) is 18.0 Å². The van der Waals surface area contributed by atoms with Gasteiger partial charge in [0.15, 0.2) is 0 Å². The summed E-state index contributed by atoms with van der Waals surface area (Å²) in [5.41, 5.74) is 3.31. The van der Waals surface area contributed by atoms with Crippen molar-refractivity contribution in [3.8, 4) is 0 Å². The number of fused-ring (bicyclic) bond motifs is 1. The zero-order chi connectivity index (χ0) is 25.1. The van der Waals surface area contributed by atoms with Crippen LogP contribution in [0, 0.1) is 5.82 Å². The Kier molecular flexibility index (Phi) is 6.66. The van der Waals surface area contributed by atoms with Crippen LogP contribution in [0.3, 0.4) is 0 Å². The summed E-state index contributed by atoms with van der Waals surface area (Å²) in [5, 5.41) is 9.07. The van der Waals surface area contributed by atoms with E-state index in [0.717, 1.165) is 24.0 Å². The van der Waals surface area contributed by atoms with Gasteiger partial charge in [-0.3, -0.25) is 14.4 Å².